The minimum atomic E-state index is 0.999. The summed E-state index contributed by atoms with van der Waals surface area (Å²) in [5.41, 5.74) is 0. The second-order valence-electron chi connectivity index (χ2n) is 4.35. The van der Waals surface area contributed by atoms with Crippen molar-refractivity contribution in [2.75, 3.05) is 13.1 Å². The maximum absolute atomic E-state index is 3.34. The summed E-state index contributed by atoms with van der Waals surface area (Å²) in [6.07, 6.45) is 14.6. The molecule has 0 atom stereocenters. The number of nitrogens with one attached hydrogen (secondary N) is 1. The predicted octanol–water partition coefficient (Wildman–Crippen LogP) is 3.51. The molecule has 1 saturated carbocycles. The SMILES string of the molecule is CCNCCC=CCC1CCCCC1. The van der Waals surface area contributed by atoms with Crippen LogP contribution in [-0.4, -0.2) is 13.1 Å². The van der Waals surface area contributed by atoms with Crippen molar-refractivity contribution in [3.05, 3.63) is 12.2 Å². The molecule has 0 aliphatic heterocycles. The third-order valence-electron chi connectivity index (χ3n) is 3.10. The highest BCUT2D eigenvalue weighted by Crippen LogP contribution is 2.26. The fraction of sp³-hybridized carbons (Fsp3) is 0.846. The molecule has 14 heavy (non-hydrogen) atoms. The van der Waals surface area contributed by atoms with Crippen molar-refractivity contribution in [2.24, 2.45) is 5.92 Å². The first kappa shape index (κ1) is 11.8. The number of allylic oxidation sites excluding steroid dienone is 1. The van der Waals surface area contributed by atoms with Gasteiger partial charge in [-0.1, -0.05) is 51.2 Å². The summed E-state index contributed by atoms with van der Waals surface area (Å²) in [7, 11) is 0. The second kappa shape index (κ2) is 8.05. The van der Waals surface area contributed by atoms with E-state index in [-0.39, 0.29) is 0 Å². The van der Waals surface area contributed by atoms with Crippen molar-refractivity contribution >= 4 is 0 Å². The van der Waals surface area contributed by atoms with Gasteiger partial charge in [0.05, 0.1) is 0 Å². The monoisotopic (exact) mass is 195 g/mol. The summed E-state index contributed by atoms with van der Waals surface area (Å²) in [5.74, 6) is 0.999. The lowest BCUT2D eigenvalue weighted by atomic mass is 9.87. The van der Waals surface area contributed by atoms with Gasteiger partial charge in [-0.3, -0.25) is 0 Å². The Labute approximate surface area is 89.0 Å². The molecule has 1 rings (SSSR count). The van der Waals surface area contributed by atoms with Crippen LogP contribution in [0.5, 0.6) is 0 Å². The van der Waals surface area contributed by atoms with E-state index in [9.17, 15) is 0 Å². The first-order chi connectivity index (χ1) is 6.93. The highest BCUT2D eigenvalue weighted by atomic mass is 14.8. The van der Waals surface area contributed by atoms with E-state index in [1.54, 1.807) is 0 Å². The van der Waals surface area contributed by atoms with E-state index >= 15 is 0 Å². The fourth-order valence-electron chi connectivity index (χ4n) is 2.19. The molecule has 1 aliphatic carbocycles. The summed E-state index contributed by atoms with van der Waals surface area (Å²) in [6.45, 7) is 4.39. The topological polar surface area (TPSA) is 12.0 Å². The quantitative estimate of drug-likeness (QED) is 0.505. The Morgan fingerprint density at radius 3 is 2.64 bits per heavy atom. The molecule has 1 aliphatic rings. The third kappa shape index (κ3) is 5.43. The Balaban J connectivity index is 1.95. The van der Waals surface area contributed by atoms with E-state index in [1.807, 2.05) is 0 Å². The van der Waals surface area contributed by atoms with Gasteiger partial charge in [0.25, 0.3) is 0 Å². The maximum Gasteiger partial charge on any atom is -0.00144 e. The van der Waals surface area contributed by atoms with Crippen LogP contribution >= 0.6 is 0 Å². The normalized spacial score (nSPS) is 19.2. The van der Waals surface area contributed by atoms with Crippen LogP contribution in [0.2, 0.25) is 0 Å². The van der Waals surface area contributed by atoms with Crippen LogP contribution in [0.3, 0.4) is 0 Å². The molecule has 0 heterocycles. The number of rotatable bonds is 6. The summed E-state index contributed by atoms with van der Waals surface area (Å²) in [5, 5.41) is 3.34. The molecule has 0 amide bonds. The molecule has 0 unspecified atom stereocenters. The Bertz CT molecular complexity index is 145. The first-order valence-corrected chi connectivity index (χ1v) is 6.29. The van der Waals surface area contributed by atoms with Gasteiger partial charge in [0, 0.05) is 0 Å². The first-order valence-electron chi connectivity index (χ1n) is 6.29. The Kier molecular flexibility index (Phi) is 6.77. The molecular formula is C13H25N. The standard InChI is InChI=1S/C13H25N/c1-2-14-12-8-4-7-11-13-9-5-3-6-10-13/h4,7,13-14H,2-3,5-6,8-12H2,1H3. The van der Waals surface area contributed by atoms with Gasteiger partial charge in [0.2, 0.25) is 0 Å². The molecule has 0 aromatic carbocycles. The van der Waals surface area contributed by atoms with Crippen molar-refractivity contribution in [3.8, 4) is 0 Å². The predicted molar refractivity (Wildman–Crippen MR) is 63.5 cm³/mol. The molecule has 0 saturated heterocycles. The minimum Gasteiger partial charge on any atom is -0.317 e. The lowest BCUT2D eigenvalue weighted by Crippen LogP contribution is -2.12. The summed E-state index contributed by atoms with van der Waals surface area (Å²) in [6, 6.07) is 0. The van der Waals surface area contributed by atoms with Crippen LogP contribution in [0.1, 0.15) is 51.9 Å². The van der Waals surface area contributed by atoms with Crippen LogP contribution in [-0.2, 0) is 0 Å². The van der Waals surface area contributed by atoms with Gasteiger partial charge in [-0.2, -0.15) is 0 Å². The fourth-order valence-corrected chi connectivity index (χ4v) is 2.19. The van der Waals surface area contributed by atoms with Crippen LogP contribution in [0, 0.1) is 5.92 Å². The molecule has 1 heteroatoms. The van der Waals surface area contributed by atoms with Crippen LogP contribution in [0.15, 0.2) is 12.2 Å². The molecule has 0 aromatic heterocycles. The van der Waals surface area contributed by atoms with Gasteiger partial charge in [0.1, 0.15) is 0 Å². The Hall–Kier alpha value is -0.300. The summed E-state index contributed by atoms with van der Waals surface area (Å²) in [4.78, 5) is 0. The van der Waals surface area contributed by atoms with Gasteiger partial charge in [-0.25, -0.2) is 0 Å². The number of hydrogen-bond acceptors (Lipinski definition) is 1. The summed E-state index contributed by atoms with van der Waals surface area (Å²) < 4.78 is 0. The van der Waals surface area contributed by atoms with Gasteiger partial charge < -0.3 is 5.32 Å². The Morgan fingerprint density at radius 2 is 1.93 bits per heavy atom. The second-order valence-corrected chi connectivity index (χ2v) is 4.35. The lowest BCUT2D eigenvalue weighted by Gasteiger charge is -2.19. The van der Waals surface area contributed by atoms with Crippen molar-refractivity contribution in [2.45, 2.75) is 51.9 Å². The zero-order valence-corrected chi connectivity index (χ0v) is 9.60. The molecule has 1 fully saturated rings. The van der Waals surface area contributed by atoms with E-state index in [1.165, 1.54) is 44.9 Å². The molecule has 1 N–H and O–H groups in total. The lowest BCUT2D eigenvalue weighted by molar-refractivity contribution is 0.361. The smallest absolute Gasteiger partial charge is 0.00144 e. The van der Waals surface area contributed by atoms with E-state index in [4.69, 9.17) is 0 Å². The van der Waals surface area contributed by atoms with Gasteiger partial charge in [0.15, 0.2) is 0 Å². The largest absolute Gasteiger partial charge is 0.317 e. The maximum atomic E-state index is 3.34. The highest BCUT2D eigenvalue weighted by molar-refractivity contribution is 4.85. The van der Waals surface area contributed by atoms with Crippen LogP contribution in [0.4, 0.5) is 0 Å². The Morgan fingerprint density at radius 1 is 1.14 bits per heavy atom. The van der Waals surface area contributed by atoms with Gasteiger partial charge in [-0.05, 0) is 31.8 Å². The van der Waals surface area contributed by atoms with Gasteiger partial charge in [-0.15, -0.1) is 0 Å². The molecule has 0 spiro atoms. The summed E-state index contributed by atoms with van der Waals surface area (Å²) >= 11 is 0. The van der Waals surface area contributed by atoms with Crippen molar-refractivity contribution < 1.29 is 0 Å². The zero-order valence-electron chi connectivity index (χ0n) is 9.60. The molecule has 0 radical (unpaired) electrons. The third-order valence-corrected chi connectivity index (χ3v) is 3.10. The van der Waals surface area contributed by atoms with Crippen molar-refractivity contribution in [1.29, 1.82) is 0 Å². The molecule has 0 bridgehead atoms. The van der Waals surface area contributed by atoms with E-state index in [2.05, 4.69) is 24.4 Å². The molecular weight excluding hydrogens is 170 g/mol. The number of hydrogen-bond donors (Lipinski definition) is 1. The molecule has 82 valence electrons. The van der Waals surface area contributed by atoms with E-state index in [0.29, 0.717) is 0 Å². The minimum absolute atomic E-state index is 0.999. The van der Waals surface area contributed by atoms with Crippen molar-refractivity contribution in [3.63, 3.8) is 0 Å². The highest BCUT2D eigenvalue weighted by Gasteiger charge is 2.10. The van der Waals surface area contributed by atoms with Crippen LogP contribution in [0.25, 0.3) is 0 Å². The average Bonchev–Trinajstić information content (AvgIpc) is 2.25. The zero-order chi connectivity index (χ0) is 10.1. The molecule has 1 nitrogen and oxygen atoms in total. The van der Waals surface area contributed by atoms with Gasteiger partial charge >= 0.3 is 0 Å². The molecule has 0 aromatic rings. The van der Waals surface area contributed by atoms with E-state index < -0.39 is 0 Å². The van der Waals surface area contributed by atoms with Crippen molar-refractivity contribution in [1.82, 2.24) is 5.32 Å². The average molecular weight is 195 g/mol. The van der Waals surface area contributed by atoms with Crippen LogP contribution < -0.4 is 5.32 Å². The van der Waals surface area contributed by atoms with E-state index in [0.717, 1.165) is 19.0 Å².